The number of carboxylic acids is 1. The molecule has 0 spiro atoms. The number of carbonyl (C=O) groups excluding carboxylic acids is 1. The molecule has 17 heavy (non-hydrogen) atoms. The molecule has 2 saturated carbocycles. The standard InChI is InChI=1S/C13H20O4/c1-13(2,3)17-12(16)10-8-5-4-7(6-8)9(10)11(14)15/h7-10H,4-6H2,1-3H3,(H,14,15). The second-order valence-electron chi connectivity index (χ2n) is 6.26. The molecule has 0 radical (unpaired) electrons. The van der Waals surface area contributed by atoms with Crippen LogP contribution in [-0.4, -0.2) is 22.6 Å². The number of fused-ring (bicyclic) bond motifs is 2. The molecule has 0 aromatic rings. The number of carbonyl (C=O) groups is 2. The highest BCUT2D eigenvalue weighted by molar-refractivity contribution is 5.83. The van der Waals surface area contributed by atoms with Crippen LogP contribution in [-0.2, 0) is 14.3 Å². The fourth-order valence-electron chi connectivity index (χ4n) is 3.36. The van der Waals surface area contributed by atoms with Crippen LogP contribution >= 0.6 is 0 Å². The van der Waals surface area contributed by atoms with Crippen LogP contribution in [0.1, 0.15) is 40.0 Å². The summed E-state index contributed by atoms with van der Waals surface area (Å²) >= 11 is 0. The monoisotopic (exact) mass is 240 g/mol. The Morgan fingerprint density at radius 3 is 2.12 bits per heavy atom. The molecule has 4 heteroatoms. The minimum Gasteiger partial charge on any atom is -0.481 e. The number of ether oxygens (including phenoxy) is 1. The first-order chi connectivity index (χ1) is 7.79. The van der Waals surface area contributed by atoms with Crippen molar-refractivity contribution in [1.82, 2.24) is 0 Å². The maximum Gasteiger partial charge on any atom is 0.310 e. The normalized spacial score (nSPS) is 35.9. The predicted octanol–water partition coefficient (Wildman–Crippen LogP) is 2.07. The van der Waals surface area contributed by atoms with Crippen LogP contribution in [0, 0.1) is 23.7 Å². The Balaban J connectivity index is 2.14. The van der Waals surface area contributed by atoms with Crippen LogP contribution in [0.5, 0.6) is 0 Å². The number of hydrogen-bond acceptors (Lipinski definition) is 3. The van der Waals surface area contributed by atoms with E-state index in [1.165, 1.54) is 0 Å². The number of hydrogen-bond donors (Lipinski definition) is 1. The summed E-state index contributed by atoms with van der Waals surface area (Å²) in [6.07, 6.45) is 2.79. The minimum absolute atomic E-state index is 0.176. The molecule has 0 aliphatic heterocycles. The summed E-state index contributed by atoms with van der Waals surface area (Å²) in [5.41, 5.74) is -0.540. The van der Waals surface area contributed by atoms with Gasteiger partial charge in [-0.25, -0.2) is 0 Å². The van der Waals surface area contributed by atoms with Gasteiger partial charge in [0.25, 0.3) is 0 Å². The topological polar surface area (TPSA) is 63.6 Å². The van der Waals surface area contributed by atoms with Crippen molar-refractivity contribution in [2.75, 3.05) is 0 Å². The number of esters is 1. The van der Waals surface area contributed by atoms with Gasteiger partial charge in [-0.15, -0.1) is 0 Å². The summed E-state index contributed by atoms with van der Waals surface area (Å²) in [6, 6.07) is 0. The fourth-order valence-corrected chi connectivity index (χ4v) is 3.36. The Morgan fingerprint density at radius 2 is 1.65 bits per heavy atom. The van der Waals surface area contributed by atoms with E-state index in [4.69, 9.17) is 4.74 Å². The largest absolute Gasteiger partial charge is 0.481 e. The van der Waals surface area contributed by atoms with E-state index in [0.717, 1.165) is 19.3 Å². The van der Waals surface area contributed by atoms with Crippen LogP contribution in [0.3, 0.4) is 0 Å². The van der Waals surface area contributed by atoms with Crippen LogP contribution in [0.2, 0.25) is 0 Å². The summed E-state index contributed by atoms with van der Waals surface area (Å²) in [5.74, 6) is -1.72. The van der Waals surface area contributed by atoms with E-state index in [2.05, 4.69) is 0 Å². The second kappa shape index (κ2) is 4.00. The average molecular weight is 240 g/mol. The van der Waals surface area contributed by atoms with Crippen LogP contribution in [0.4, 0.5) is 0 Å². The number of aliphatic carboxylic acids is 1. The van der Waals surface area contributed by atoms with Gasteiger partial charge in [0.2, 0.25) is 0 Å². The van der Waals surface area contributed by atoms with Crippen molar-refractivity contribution in [3.05, 3.63) is 0 Å². The molecule has 4 atom stereocenters. The van der Waals surface area contributed by atoms with Gasteiger partial charge >= 0.3 is 11.9 Å². The van der Waals surface area contributed by atoms with Crippen molar-refractivity contribution in [2.45, 2.75) is 45.6 Å². The van der Waals surface area contributed by atoms with Gasteiger partial charge in [-0.2, -0.15) is 0 Å². The van der Waals surface area contributed by atoms with Gasteiger partial charge in [-0.05, 0) is 51.9 Å². The highest BCUT2D eigenvalue weighted by Gasteiger charge is 2.55. The Hall–Kier alpha value is -1.06. The van der Waals surface area contributed by atoms with Crippen molar-refractivity contribution >= 4 is 11.9 Å². The van der Waals surface area contributed by atoms with E-state index < -0.39 is 23.4 Å². The third kappa shape index (κ3) is 2.31. The molecule has 0 aromatic heterocycles. The molecule has 2 bridgehead atoms. The molecule has 2 aliphatic rings. The maximum absolute atomic E-state index is 12.1. The molecule has 0 saturated heterocycles. The lowest BCUT2D eigenvalue weighted by Crippen LogP contribution is -2.38. The van der Waals surface area contributed by atoms with Crippen LogP contribution in [0.15, 0.2) is 0 Å². The first-order valence-corrected chi connectivity index (χ1v) is 6.25. The zero-order valence-corrected chi connectivity index (χ0v) is 10.6. The fraction of sp³-hybridized carbons (Fsp3) is 0.846. The van der Waals surface area contributed by atoms with Gasteiger partial charge in [0.1, 0.15) is 5.60 Å². The Bertz CT molecular complexity index is 342. The van der Waals surface area contributed by atoms with Crippen molar-refractivity contribution in [1.29, 1.82) is 0 Å². The van der Waals surface area contributed by atoms with E-state index in [1.54, 1.807) is 0 Å². The third-order valence-corrected chi connectivity index (χ3v) is 3.88. The summed E-state index contributed by atoms with van der Waals surface area (Å²) in [7, 11) is 0. The average Bonchev–Trinajstić information content (AvgIpc) is 2.72. The van der Waals surface area contributed by atoms with E-state index in [1.807, 2.05) is 20.8 Å². The highest BCUT2D eigenvalue weighted by Crippen LogP contribution is 2.53. The van der Waals surface area contributed by atoms with Gasteiger partial charge in [0, 0.05) is 0 Å². The van der Waals surface area contributed by atoms with E-state index in [9.17, 15) is 14.7 Å². The SMILES string of the molecule is CC(C)(C)OC(=O)C1C2CCC(C2)C1C(=O)O. The first kappa shape index (κ1) is 12.4. The lowest BCUT2D eigenvalue weighted by Gasteiger charge is -2.29. The van der Waals surface area contributed by atoms with E-state index >= 15 is 0 Å². The molecule has 0 heterocycles. The quantitative estimate of drug-likeness (QED) is 0.750. The van der Waals surface area contributed by atoms with E-state index in [0.29, 0.717) is 0 Å². The molecule has 0 aromatic carbocycles. The van der Waals surface area contributed by atoms with Crippen molar-refractivity contribution in [2.24, 2.45) is 23.7 Å². The smallest absolute Gasteiger partial charge is 0.310 e. The lowest BCUT2D eigenvalue weighted by molar-refractivity contribution is -0.169. The van der Waals surface area contributed by atoms with E-state index in [-0.39, 0.29) is 17.8 Å². The summed E-state index contributed by atoms with van der Waals surface area (Å²) < 4.78 is 5.35. The van der Waals surface area contributed by atoms with Crippen molar-refractivity contribution < 1.29 is 19.4 Å². The highest BCUT2D eigenvalue weighted by atomic mass is 16.6. The summed E-state index contributed by atoms with van der Waals surface area (Å²) in [6.45, 7) is 5.44. The zero-order chi connectivity index (χ0) is 12.8. The summed E-state index contributed by atoms with van der Waals surface area (Å²) in [5, 5.41) is 9.25. The van der Waals surface area contributed by atoms with Crippen LogP contribution < -0.4 is 0 Å². The molecule has 4 nitrogen and oxygen atoms in total. The first-order valence-electron chi connectivity index (χ1n) is 6.25. The molecular weight excluding hydrogens is 220 g/mol. The number of rotatable bonds is 2. The molecule has 96 valence electrons. The van der Waals surface area contributed by atoms with Crippen molar-refractivity contribution in [3.63, 3.8) is 0 Å². The minimum atomic E-state index is -0.840. The van der Waals surface area contributed by atoms with Gasteiger partial charge in [-0.3, -0.25) is 9.59 Å². The Morgan fingerprint density at radius 1 is 1.12 bits per heavy atom. The Kier molecular flexibility index (Phi) is 2.92. The zero-order valence-electron chi connectivity index (χ0n) is 10.6. The number of carboxylic acid groups (broad SMARTS) is 1. The summed E-state index contributed by atoms with van der Waals surface area (Å²) in [4.78, 5) is 23.3. The molecule has 1 N–H and O–H groups in total. The van der Waals surface area contributed by atoms with Gasteiger partial charge in [0.15, 0.2) is 0 Å². The van der Waals surface area contributed by atoms with Gasteiger partial charge in [-0.1, -0.05) is 0 Å². The maximum atomic E-state index is 12.1. The van der Waals surface area contributed by atoms with Gasteiger partial charge in [0.05, 0.1) is 11.8 Å². The lowest BCUT2D eigenvalue weighted by atomic mass is 9.79. The molecule has 4 unspecified atom stereocenters. The molecule has 2 rings (SSSR count). The molecule has 2 aliphatic carbocycles. The molecule has 2 fully saturated rings. The van der Waals surface area contributed by atoms with Crippen molar-refractivity contribution in [3.8, 4) is 0 Å². The third-order valence-electron chi connectivity index (χ3n) is 3.88. The second-order valence-corrected chi connectivity index (χ2v) is 6.26. The molecule has 0 amide bonds. The van der Waals surface area contributed by atoms with Crippen LogP contribution in [0.25, 0.3) is 0 Å². The molecular formula is C13H20O4. The Labute approximate surface area is 101 Å². The predicted molar refractivity (Wildman–Crippen MR) is 61.3 cm³/mol. The van der Waals surface area contributed by atoms with Gasteiger partial charge < -0.3 is 9.84 Å².